The fraction of sp³-hybridized carbons (Fsp3) is 0.714. The molecule has 1 aliphatic carbocycles. The number of nitrogens with zero attached hydrogens (tertiary/aromatic N) is 2. The minimum atomic E-state index is -3.57. The smallest absolute Gasteiger partial charge is 0.246 e. The van der Waals surface area contributed by atoms with Gasteiger partial charge in [-0.3, -0.25) is 9.89 Å². The molecule has 21 heavy (non-hydrogen) atoms. The number of hydrogen-bond acceptors (Lipinski definition) is 4. The van der Waals surface area contributed by atoms with Gasteiger partial charge in [-0.1, -0.05) is 6.42 Å². The van der Waals surface area contributed by atoms with Crippen molar-refractivity contribution in [2.75, 3.05) is 6.54 Å². The van der Waals surface area contributed by atoms with E-state index in [1.54, 1.807) is 11.2 Å². The summed E-state index contributed by atoms with van der Waals surface area (Å²) >= 11 is 0. The summed E-state index contributed by atoms with van der Waals surface area (Å²) in [5.41, 5.74) is 0.553. The summed E-state index contributed by atoms with van der Waals surface area (Å²) in [7, 11) is -3.57. The Hall–Kier alpha value is -1.21. The number of nitrogens with one attached hydrogen (secondary N) is 1. The van der Waals surface area contributed by atoms with Gasteiger partial charge in [-0.25, -0.2) is 8.42 Å². The van der Waals surface area contributed by atoms with Crippen LogP contribution in [0.25, 0.3) is 0 Å². The van der Waals surface area contributed by atoms with E-state index in [2.05, 4.69) is 10.2 Å². The highest BCUT2D eigenvalue weighted by Gasteiger charge is 2.42. The lowest BCUT2D eigenvalue weighted by molar-refractivity contribution is -0.122. The molecule has 1 saturated carbocycles. The van der Waals surface area contributed by atoms with Crippen LogP contribution in [-0.2, 0) is 14.8 Å². The lowest BCUT2D eigenvalue weighted by Crippen LogP contribution is -2.48. The van der Waals surface area contributed by atoms with Crippen LogP contribution in [0.5, 0.6) is 0 Å². The van der Waals surface area contributed by atoms with Gasteiger partial charge >= 0.3 is 0 Å². The van der Waals surface area contributed by atoms with Crippen molar-refractivity contribution in [3.8, 4) is 0 Å². The fourth-order valence-corrected chi connectivity index (χ4v) is 5.46. The molecule has 1 N–H and O–H groups in total. The number of hydrogen-bond donors (Lipinski definition) is 1. The van der Waals surface area contributed by atoms with Crippen molar-refractivity contribution in [3.05, 3.63) is 11.9 Å². The van der Waals surface area contributed by atoms with E-state index in [-0.39, 0.29) is 22.6 Å². The predicted octanol–water partition coefficient (Wildman–Crippen LogP) is 1.63. The maximum Gasteiger partial charge on any atom is 0.246 e. The van der Waals surface area contributed by atoms with Crippen LogP contribution >= 0.6 is 0 Å². The first-order valence-electron chi connectivity index (χ1n) is 7.56. The second-order valence-electron chi connectivity index (χ2n) is 6.00. The van der Waals surface area contributed by atoms with Gasteiger partial charge in [-0.15, -0.1) is 0 Å². The Morgan fingerprint density at radius 2 is 2.10 bits per heavy atom. The topological polar surface area (TPSA) is 83.1 Å². The average molecular weight is 311 g/mol. The van der Waals surface area contributed by atoms with Gasteiger partial charge in [0.1, 0.15) is 10.7 Å². The second-order valence-corrected chi connectivity index (χ2v) is 7.86. The standard InChI is InChI=1S/C14H21N3O3S/c1-10-14(9-15-16-10)21(19,20)17-8-3-2-6-12(17)11-5-4-7-13(11)18/h9,11-12H,2-8H2,1H3,(H,15,16). The van der Waals surface area contributed by atoms with E-state index in [9.17, 15) is 13.2 Å². The van der Waals surface area contributed by atoms with E-state index in [1.165, 1.54) is 6.20 Å². The molecule has 1 aromatic heterocycles. The Labute approximate surface area is 125 Å². The van der Waals surface area contributed by atoms with Crippen molar-refractivity contribution >= 4 is 15.8 Å². The van der Waals surface area contributed by atoms with E-state index in [4.69, 9.17) is 0 Å². The molecule has 0 aromatic carbocycles. The number of carbonyl (C=O) groups is 1. The van der Waals surface area contributed by atoms with E-state index in [0.717, 1.165) is 32.1 Å². The number of piperidine rings is 1. The lowest BCUT2D eigenvalue weighted by Gasteiger charge is -2.37. The highest BCUT2D eigenvalue weighted by Crippen LogP contribution is 2.35. The van der Waals surface area contributed by atoms with Crippen LogP contribution in [-0.4, -0.2) is 41.3 Å². The molecule has 2 aliphatic rings. The van der Waals surface area contributed by atoms with Crippen molar-refractivity contribution in [2.24, 2.45) is 5.92 Å². The molecule has 0 spiro atoms. The molecule has 2 unspecified atom stereocenters. The molecule has 0 bridgehead atoms. The zero-order valence-electron chi connectivity index (χ0n) is 12.2. The van der Waals surface area contributed by atoms with Gasteiger partial charge in [0, 0.05) is 24.9 Å². The van der Waals surface area contributed by atoms with Gasteiger partial charge in [-0.05, 0) is 32.6 Å². The monoisotopic (exact) mass is 311 g/mol. The minimum absolute atomic E-state index is 0.118. The van der Waals surface area contributed by atoms with Crippen LogP contribution in [0.4, 0.5) is 0 Å². The molecule has 3 rings (SSSR count). The molecule has 116 valence electrons. The third-order valence-electron chi connectivity index (χ3n) is 4.68. The third-order valence-corrected chi connectivity index (χ3v) is 6.72. The van der Waals surface area contributed by atoms with Crippen molar-refractivity contribution < 1.29 is 13.2 Å². The Morgan fingerprint density at radius 1 is 1.29 bits per heavy atom. The van der Waals surface area contributed by atoms with Gasteiger partial charge in [0.15, 0.2) is 0 Å². The number of aryl methyl sites for hydroxylation is 1. The first-order valence-corrected chi connectivity index (χ1v) is 9.00. The summed E-state index contributed by atoms with van der Waals surface area (Å²) in [5, 5.41) is 6.51. The zero-order valence-corrected chi connectivity index (χ0v) is 13.0. The number of aromatic amines is 1. The predicted molar refractivity (Wildman–Crippen MR) is 77.2 cm³/mol. The van der Waals surface area contributed by atoms with Crippen molar-refractivity contribution in [3.63, 3.8) is 0 Å². The number of sulfonamides is 1. The highest BCUT2D eigenvalue weighted by molar-refractivity contribution is 7.89. The molecule has 1 aliphatic heterocycles. The van der Waals surface area contributed by atoms with E-state index in [1.807, 2.05) is 0 Å². The minimum Gasteiger partial charge on any atom is -0.299 e. The van der Waals surface area contributed by atoms with E-state index < -0.39 is 10.0 Å². The molecule has 2 atom stereocenters. The summed E-state index contributed by atoms with van der Waals surface area (Å²) in [6.45, 7) is 2.21. The molecule has 0 radical (unpaired) electrons. The van der Waals surface area contributed by atoms with Crippen LogP contribution in [0.15, 0.2) is 11.1 Å². The molecular weight excluding hydrogens is 290 g/mol. The van der Waals surface area contributed by atoms with Gasteiger partial charge < -0.3 is 0 Å². The van der Waals surface area contributed by atoms with Gasteiger partial charge in [0.25, 0.3) is 0 Å². The van der Waals surface area contributed by atoms with E-state index in [0.29, 0.717) is 18.7 Å². The normalized spacial score (nSPS) is 28.1. The molecular formula is C14H21N3O3S. The summed E-state index contributed by atoms with van der Waals surface area (Å²) in [6, 6.07) is -0.173. The summed E-state index contributed by atoms with van der Waals surface area (Å²) in [4.78, 5) is 12.3. The Bertz CT molecular complexity index is 638. The van der Waals surface area contributed by atoms with Crippen LogP contribution in [0.3, 0.4) is 0 Å². The molecule has 2 heterocycles. The Morgan fingerprint density at radius 3 is 2.71 bits per heavy atom. The van der Waals surface area contributed by atoms with Crippen LogP contribution in [0, 0.1) is 12.8 Å². The van der Waals surface area contributed by atoms with E-state index >= 15 is 0 Å². The summed E-state index contributed by atoms with van der Waals surface area (Å²) in [5.74, 6) is 0.110. The number of aromatic nitrogens is 2. The van der Waals surface area contributed by atoms with Crippen LogP contribution in [0.2, 0.25) is 0 Å². The largest absolute Gasteiger partial charge is 0.299 e. The third kappa shape index (κ3) is 2.53. The molecule has 2 fully saturated rings. The zero-order chi connectivity index (χ0) is 15.0. The molecule has 0 amide bonds. The van der Waals surface area contributed by atoms with Crippen molar-refractivity contribution in [1.82, 2.24) is 14.5 Å². The second kappa shape index (κ2) is 5.53. The van der Waals surface area contributed by atoms with Gasteiger partial charge in [-0.2, -0.15) is 9.40 Å². The highest BCUT2D eigenvalue weighted by atomic mass is 32.2. The number of rotatable bonds is 3. The van der Waals surface area contributed by atoms with Gasteiger partial charge in [0.05, 0.1) is 11.9 Å². The lowest BCUT2D eigenvalue weighted by atomic mass is 9.90. The maximum absolute atomic E-state index is 12.9. The quantitative estimate of drug-likeness (QED) is 0.919. The Kier molecular flexibility index (Phi) is 3.88. The van der Waals surface area contributed by atoms with Crippen LogP contribution < -0.4 is 0 Å². The maximum atomic E-state index is 12.9. The first kappa shape index (κ1) is 14.7. The average Bonchev–Trinajstić information content (AvgIpc) is 3.07. The SMILES string of the molecule is Cc1[nH]ncc1S(=O)(=O)N1CCCCC1C1CCCC1=O. The summed E-state index contributed by atoms with van der Waals surface area (Å²) in [6.07, 6.45) is 6.30. The molecule has 1 saturated heterocycles. The van der Waals surface area contributed by atoms with Crippen molar-refractivity contribution in [1.29, 1.82) is 0 Å². The fourth-order valence-electron chi connectivity index (χ4n) is 3.61. The molecule has 7 heteroatoms. The van der Waals surface area contributed by atoms with Crippen LogP contribution in [0.1, 0.15) is 44.2 Å². The number of H-pyrrole nitrogens is 1. The Balaban J connectivity index is 1.94. The van der Waals surface area contributed by atoms with Crippen molar-refractivity contribution in [2.45, 2.75) is 56.4 Å². The number of carbonyl (C=O) groups excluding carboxylic acids is 1. The first-order chi connectivity index (χ1) is 10.0. The van der Waals surface area contributed by atoms with Gasteiger partial charge in [0.2, 0.25) is 10.0 Å². The number of Topliss-reactive ketones (excluding diaryl/α,β-unsaturated/α-hetero) is 1. The summed E-state index contributed by atoms with van der Waals surface area (Å²) < 4.78 is 27.4. The number of ketones is 1. The molecule has 6 nitrogen and oxygen atoms in total. The molecule has 1 aromatic rings.